The van der Waals surface area contributed by atoms with Gasteiger partial charge in [-0.25, -0.2) is 0 Å². The Kier molecular flexibility index (Phi) is 2.62. The third-order valence-corrected chi connectivity index (χ3v) is 2.02. The Morgan fingerprint density at radius 2 is 2.21 bits per heavy atom. The van der Waals surface area contributed by atoms with Crippen LogP contribution in [0.3, 0.4) is 0 Å². The van der Waals surface area contributed by atoms with E-state index in [1.165, 1.54) is 11.8 Å². The summed E-state index contributed by atoms with van der Waals surface area (Å²) in [4.78, 5) is 24.3. The van der Waals surface area contributed by atoms with Gasteiger partial charge < -0.3 is 15.0 Å². The fourth-order valence-corrected chi connectivity index (χ4v) is 1.18. The van der Waals surface area contributed by atoms with Crippen LogP contribution in [0.25, 0.3) is 0 Å². The van der Waals surface area contributed by atoms with Crippen molar-refractivity contribution in [2.75, 3.05) is 20.7 Å². The van der Waals surface area contributed by atoms with Crippen LogP contribution in [-0.2, 0) is 14.3 Å². The van der Waals surface area contributed by atoms with E-state index in [4.69, 9.17) is 4.74 Å². The molecule has 0 aliphatic carbocycles. The summed E-state index contributed by atoms with van der Waals surface area (Å²) in [5.74, 6) is -0.632. The fraction of sp³-hybridized carbons (Fsp3) is 0.556. The van der Waals surface area contributed by atoms with Crippen molar-refractivity contribution in [3.8, 4) is 0 Å². The zero-order valence-electron chi connectivity index (χ0n) is 8.59. The number of nitrogens with zero attached hydrogens (tertiary/aromatic N) is 1. The lowest BCUT2D eigenvalue weighted by atomic mass is 10.1. The molecule has 5 nitrogen and oxygen atoms in total. The number of carbonyl (C=O) groups is 2. The molecule has 1 N–H and O–H groups in total. The molecule has 2 amide bonds. The molecule has 1 atom stereocenters. The zero-order valence-corrected chi connectivity index (χ0v) is 8.59. The van der Waals surface area contributed by atoms with Gasteiger partial charge in [0.1, 0.15) is 0 Å². The Labute approximate surface area is 82.7 Å². The first kappa shape index (κ1) is 10.7. The highest BCUT2D eigenvalue weighted by Gasteiger charge is 2.41. The molecule has 1 unspecified atom stereocenters. The minimum Gasteiger partial charge on any atom is -0.345 e. The van der Waals surface area contributed by atoms with Crippen LogP contribution in [0.4, 0.5) is 0 Å². The number of hydrogen-bond acceptors (Lipinski definition) is 3. The maximum absolute atomic E-state index is 11.6. The van der Waals surface area contributed by atoms with Crippen molar-refractivity contribution in [1.82, 2.24) is 10.2 Å². The van der Waals surface area contributed by atoms with Gasteiger partial charge in [-0.2, -0.15) is 0 Å². The predicted octanol–water partition coefficient (Wildman–Crippen LogP) is -0.507. The highest BCUT2D eigenvalue weighted by Crippen LogP contribution is 2.16. The van der Waals surface area contributed by atoms with E-state index in [1.54, 1.807) is 14.1 Å². The van der Waals surface area contributed by atoms with Gasteiger partial charge in [0.2, 0.25) is 5.72 Å². The first-order chi connectivity index (χ1) is 6.37. The van der Waals surface area contributed by atoms with Crippen molar-refractivity contribution in [1.29, 1.82) is 0 Å². The van der Waals surface area contributed by atoms with Crippen molar-refractivity contribution in [2.45, 2.75) is 12.6 Å². The van der Waals surface area contributed by atoms with Crippen molar-refractivity contribution in [3.63, 3.8) is 0 Å². The summed E-state index contributed by atoms with van der Waals surface area (Å²) in [7, 11) is 3.21. The molecular formula is C9H14N2O3. The van der Waals surface area contributed by atoms with Crippen LogP contribution in [0.2, 0.25) is 0 Å². The number of carbonyl (C=O) groups excluding carboxylic acids is 2. The van der Waals surface area contributed by atoms with E-state index in [0.29, 0.717) is 5.57 Å². The van der Waals surface area contributed by atoms with Gasteiger partial charge in [0, 0.05) is 19.7 Å². The van der Waals surface area contributed by atoms with Crippen LogP contribution in [-0.4, -0.2) is 43.1 Å². The predicted molar refractivity (Wildman–Crippen MR) is 50.3 cm³/mol. The van der Waals surface area contributed by atoms with Gasteiger partial charge in [-0.3, -0.25) is 9.59 Å². The first-order valence-electron chi connectivity index (χ1n) is 4.23. The molecule has 0 bridgehead atoms. The minimum atomic E-state index is -1.26. The standard InChI is InChI=1S/C9H14N2O3/c1-6-5-14-9(2,10-7(6)12)8(13)11(3)4/h1,5H2,2-4H3,(H,10,12). The fourth-order valence-electron chi connectivity index (χ4n) is 1.18. The smallest absolute Gasteiger partial charge is 0.275 e. The second-order valence-electron chi connectivity index (χ2n) is 3.58. The second-order valence-corrected chi connectivity index (χ2v) is 3.58. The summed E-state index contributed by atoms with van der Waals surface area (Å²) in [6.45, 7) is 5.12. The summed E-state index contributed by atoms with van der Waals surface area (Å²) < 4.78 is 5.25. The average Bonchev–Trinajstić information content (AvgIpc) is 2.11. The summed E-state index contributed by atoms with van der Waals surface area (Å²) in [6.07, 6.45) is 0. The van der Waals surface area contributed by atoms with Crippen molar-refractivity contribution in [3.05, 3.63) is 12.2 Å². The second kappa shape index (κ2) is 3.42. The SMILES string of the molecule is C=C1COC(C)(C(=O)N(C)C)NC1=O. The maximum Gasteiger partial charge on any atom is 0.275 e. The Balaban J connectivity index is 2.82. The Bertz CT molecular complexity index is 298. The molecule has 1 rings (SSSR count). The van der Waals surface area contributed by atoms with Crippen LogP contribution in [0, 0.1) is 0 Å². The summed E-state index contributed by atoms with van der Waals surface area (Å²) in [6, 6.07) is 0. The molecule has 5 heteroatoms. The van der Waals surface area contributed by atoms with Gasteiger partial charge in [-0.1, -0.05) is 6.58 Å². The average molecular weight is 198 g/mol. The maximum atomic E-state index is 11.6. The van der Waals surface area contributed by atoms with Gasteiger partial charge in [-0.05, 0) is 6.92 Å². The molecule has 1 saturated heterocycles. The van der Waals surface area contributed by atoms with E-state index < -0.39 is 5.72 Å². The number of hydrogen-bond donors (Lipinski definition) is 1. The summed E-state index contributed by atoms with van der Waals surface area (Å²) >= 11 is 0. The molecular weight excluding hydrogens is 184 g/mol. The van der Waals surface area contributed by atoms with Crippen LogP contribution < -0.4 is 5.32 Å². The molecule has 1 heterocycles. The molecule has 0 saturated carbocycles. The van der Waals surface area contributed by atoms with Crippen LogP contribution in [0.5, 0.6) is 0 Å². The van der Waals surface area contributed by atoms with E-state index in [2.05, 4.69) is 11.9 Å². The van der Waals surface area contributed by atoms with Gasteiger partial charge >= 0.3 is 0 Å². The molecule has 0 aromatic carbocycles. The number of ether oxygens (including phenoxy) is 1. The van der Waals surface area contributed by atoms with E-state index in [0.717, 1.165) is 0 Å². The van der Waals surface area contributed by atoms with Gasteiger partial charge in [0.15, 0.2) is 0 Å². The van der Waals surface area contributed by atoms with Crippen molar-refractivity contribution in [2.24, 2.45) is 0 Å². The van der Waals surface area contributed by atoms with Crippen molar-refractivity contribution >= 4 is 11.8 Å². The van der Waals surface area contributed by atoms with E-state index in [9.17, 15) is 9.59 Å². The Morgan fingerprint density at radius 3 is 2.64 bits per heavy atom. The Morgan fingerprint density at radius 1 is 1.64 bits per heavy atom. The molecule has 0 radical (unpaired) electrons. The van der Waals surface area contributed by atoms with E-state index >= 15 is 0 Å². The monoisotopic (exact) mass is 198 g/mol. The lowest BCUT2D eigenvalue weighted by Crippen LogP contribution is -2.61. The normalized spacial score (nSPS) is 27.1. The molecule has 1 aliphatic heterocycles. The highest BCUT2D eigenvalue weighted by atomic mass is 16.5. The topological polar surface area (TPSA) is 58.6 Å². The number of rotatable bonds is 1. The van der Waals surface area contributed by atoms with Crippen LogP contribution in [0.1, 0.15) is 6.92 Å². The van der Waals surface area contributed by atoms with Gasteiger partial charge in [0.05, 0.1) is 6.61 Å². The highest BCUT2D eigenvalue weighted by molar-refractivity contribution is 5.98. The third kappa shape index (κ3) is 1.77. The number of likely N-dealkylation sites (N-methyl/N-ethyl adjacent to an activating group) is 1. The van der Waals surface area contributed by atoms with Gasteiger partial charge in [-0.15, -0.1) is 0 Å². The number of nitrogens with one attached hydrogen (secondary N) is 1. The van der Waals surface area contributed by atoms with E-state index in [-0.39, 0.29) is 18.4 Å². The molecule has 1 aliphatic rings. The van der Waals surface area contributed by atoms with Crippen LogP contribution >= 0.6 is 0 Å². The zero-order chi connectivity index (χ0) is 10.9. The first-order valence-corrected chi connectivity index (χ1v) is 4.23. The molecule has 1 fully saturated rings. The summed E-state index contributed by atoms with van der Waals surface area (Å²) in [5, 5.41) is 2.47. The largest absolute Gasteiger partial charge is 0.345 e. The van der Waals surface area contributed by atoms with Gasteiger partial charge in [0.25, 0.3) is 11.8 Å². The number of amides is 2. The minimum absolute atomic E-state index is 0.0852. The van der Waals surface area contributed by atoms with E-state index in [1.807, 2.05) is 0 Å². The molecule has 0 aromatic rings. The molecule has 0 aromatic heterocycles. The molecule has 78 valence electrons. The molecule has 0 spiro atoms. The van der Waals surface area contributed by atoms with Crippen molar-refractivity contribution < 1.29 is 14.3 Å². The molecule has 14 heavy (non-hydrogen) atoms. The lowest BCUT2D eigenvalue weighted by Gasteiger charge is -2.35. The Hall–Kier alpha value is -1.36. The third-order valence-electron chi connectivity index (χ3n) is 2.02. The lowest BCUT2D eigenvalue weighted by molar-refractivity contribution is -0.165. The summed E-state index contributed by atoms with van der Waals surface area (Å²) in [5.41, 5.74) is -0.934. The van der Waals surface area contributed by atoms with Crippen LogP contribution in [0.15, 0.2) is 12.2 Å². The quantitative estimate of drug-likeness (QED) is 0.577.